The Morgan fingerprint density at radius 1 is 1.23 bits per heavy atom. The van der Waals surface area contributed by atoms with Crippen molar-refractivity contribution in [1.82, 2.24) is 15.3 Å². The summed E-state index contributed by atoms with van der Waals surface area (Å²) in [7, 11) is 0. The van der Waals surface area contributed by atoms with Crippen molar-refractivity contribution >= 4 is 16.9 Å². The summed E-state index contributed by atoms with van der Waals surface area (Å²) in [6.45, 7) is 2.24. The number of benzene rings is 2. The first-order valence-corrected chi connectivity index (χ1v) is 7.22. The summed E-state index contributed by atoms with van der Waals surface area (Å²) in [5, 5.41) is 2.96. The van der Waals surface area contributed by atoms with Gasteiger partial charge in [0.05, 0.1) is 17.1 Å². The Balaban J connectivity index is 1.81. The molecule has 5 heteroatoms. The predicted octanol–water partition coefficient (Wildman–Crippen LogP) is 2.51. The van der Waals surface area contributed by atoms with Gasteiger partial charge < -0.3 is 16.0 Å². The number of hydrogen-bond donors (Lipinski definition) is 3. The third-order valence-electron chi connectivity index (χ3n) is 3.65. The van der Waals surface area contributed by atoms with Gasteiger partial charge in [0, 0.05) is 12.1 Å². The second-order valence-corrected chi connectivity index (χ2v) is 5.20. The first-order chi connectivity index (χ1) is 10.7. The molecule has 3 rings (SSSR count). The van der Waals surface area contributed by atoms with Crippen molar-refractivity contribution in [2.75, 3.05) is 0 Å². The first kappa shape index (κ1) is 14.3. The van der Waals surface area contributed by atoms with E-state index in [2.05, 4.69) is 15.3 Å². The average Bonchev–Trinajstić information content (AvgIpc) is 2.99. The number of nitrogens with two attached hydrogens (primary N) is 1. The molecule has 0 spiro atoms. The standard InChI is InChI=1S/C17H18N4O/c1-11(16-20-14-8-4-5-9-15(14)21-16)19-17(22)13-7-3-2-6-12(13)10-18/h2-9,11H,10,18H2,1H3,(H,19,22)(H,20,21). The molecule has 22 heavy (non-hydrogen) atoms. The van der Waals surface area contributed by atoms with Crippen molar-refractivity contribution in [3.63, 3.8) is 0 Å². The van der Waals surface area contributed by atoms with Crippen molar-refractivity contribution < 1.29 is 4.79 Å². The van der Waals surface area contributed by atoms with Crippen molar-refractivity contribution in [2.45, 2.75) is 19.5 Å². The number of amides is 1. The summed E-state index contributed by atoms with van der Waals surface area (Å²) in [6, 6.07) is 14.9. The number of fused-ring (bicyclic) bond motifs is 1. The zero-order chi connectivity index (χ0) is 15.5. The zero-order valence-corrected chi connectivity index (χ0v) is 12.3. The zero-order valence-electron chi connectivity index (χ0n) is 12.3. The van der Waals surface area contributed by atoms with Crippen LogP contribution in [-0.4, -0.2) is 15.9 Å². The molecular weight excluding hydrogens is 276 g/mol. The summed E-state index contributed by atoms with van der Waals surface area (Å²) in [5.74, 6) is 0.591. The van der Waals surface area contributed by atoms with Gasteiger partial charge in [-0.2, -0.15) is 0 Å². The maximum Gasteiger partial charge on any atom is 0.252 e. The summed E-state index contributed by atoms with van der Waals surface area (Å²) in [4.78, 5) is 20.2. The highest BCUT2D eigenvalue weighted by Crippen LogP contribution is 2.16. The van der Waals surface area contributed by atoms with E-state index in [1.54, 1.807) is 6.07 Å². The average molecular weight is 294 g/mol. The fraction of sp³-hybridized carbons (Fsp3) is 0.176. The Hall–Kier alpha value is -2.66. The van der Waals surface area contributed by atoms with Gasteiger partial charge in [-0.1, -0.05) is 30.3 Å². The molecular formula is C17H18N4O. The lowest BCUT2D eigenvalue weighted by atomic mass is 10.1. The lowest BCUT2D eigenvalue weighted by Crippen LogP contribution is -2.28. The summed E-state index contributed by atoms with van der Waals surface area (Å²) >= 11 is 0. The molecule has 0 radical (unpaired) electrons. The van der Waals surface area contributed by atoms with Crippen LogP contribution in [0.4, 0.5) is 0 Å². The van der Waals surface area contributed by atoms with E-state index in [0.29, 0.717) is 12.1 Å². The van der Waals surface area contributed by atoms with E-state index in [4.69, 9.17) is 5.73 Å². The largest absolute Gasteiger partial charge is 0.342 e. The highest BCUT2D eigenvalue weighted by molar-refractivity contribution is 5.95. The van der Waals surface area contributed by atoms with Gasteiger partial charge in [-0.15, -0.1) is 0 Å². The van der Waals surface area contributed by atoms with Gasteiger partial charge in [0.1, 0.15) is 5.82 Å². The number of aromatic amines is 1. The fourth-order valence-corrected chi connectivity index (χ4v) is 2.44. The number of aromatic nitrogens is 2. The van der Waals surface area contributed by atoms with Gasteiger partial charge in [0.15, 0.2) is 0 Å². The normalized spacial score (nSPS) is 12.3. The Labute approximate surface area is 128 Å². The number of para-hydroxylation sites is 2. The van der Waals surface area contributed by atoms with E-state index in [1.807, 2.05) is 49.4 Å². The van der Waals surface area contributed by atoms with Crippen LogP contribution in [0.1, 0.15) is 34.7 Å². The van der Waals surface area contributed by atoms with Crippen molar-refractivity contribution in [3.8, 4) is 0 Å². The van der Waals surface area contributed by atoms with Crippen LogP contribution in [0.2, 0.25) is 0 Å². The number of hydrogen-bond acceptors (Lipinski definition) is 3. The van der Waals surface area contributed by atoms with Crippen LogP contribution in [0.15, 0.2) is 48.5 Å². The van der Waals surface area contributed by atoms with Gasteiger partial charge in [-0.25, -0.2) is 4.98 Å². The monoisotopic (exact) mass is 294 g/mol. The Kier molecular flexibility index (Phi) is 3.89. The molecule has 0 bridgehead atoms. The van der Waals surface area contributed by atoms with Crippen LogP contribution in [0.25, 0.3) is 11.0 Å². The Morgan fingerprint density at radius 3 is 2.73 bits per heavy atom. The summed E-state index contributed by atoms with van der Waals surface area (Å²) in [5.41, 5.74) is 8.97. The second-order valence-electron chi connectivity index (χ2n) is 5.20. The number of nitrogens with one attached hydrogen (secondary N) is 2. The minimum atomic E-state index is -0.217. The molecule has 1 amide bonds. The maximum atomic E-state index is 12.4. The van der Waals surface area contributed by atoms with E-state index in [0.717, 1.165) is 22.4 Å². The lowest BCUT2D eigenvalue weighted by molar-refractivity contribution is 0.0937. The quantitative estimate of drug-likeness (QED) is 0.691. The molecule has 0 saturated heterocycles. The molecule has 0 aliphatic carbocycles. The predicted molar refractivity (Wildman–Crippen MR) is 86.3 cm³/mol. The van der Waals surface area contributed by atoms with Gasteiger partial charge in [-0.05, 0) is 30.7 Å². The van der Waals surface area contributed by atoms with E-state index in [-0.39, 0.29) is 11.9 Å². The maximum absolute atomic E-state index is 12.4. The molecule has 0 aliphatic heterocycles. The molecule has 3 aromatic rings. The smallest absolute Gasteiger partial charge is 0.252 e. The molecule has 1 unspecified atom stereocenters. The highest BCUT2D eigenvalue weighted by Gasteiger charge is 2.16. The van der Waals surface area contributed by atoms with Crippen molar-refractivity contribution in [2.24, 2.45) is 5.73 Å². The molecule has 112 valence electrons. The third kappa shape index (κ3) is 2.71. The second kappa shape index (κ2) is 5.99. The first-order valence-electron chi connectivity index (χ1n) is 7.22. The van der Waals surface area contributed by atoms with Gasteiger partial charge in [-0.3, -0.25) is 4.79 Å². The van der Waals surface area contributed by atoms with Crippen LogP contribution < -0.4 is 11.1 Å². The van der Waals surface area contributed by atoms with Crippen LogP contribution in [0.5, 0.6) is 0 Å². The minimum absolute atomic E-state index is 0.144. The van der Waals surface area contributed by atoms with Crippen molar-refractivity contribution in [3.05, 3.63) is 65.5 Å². The summed E-state index contributed by atoms with van der Waals surface area (Å²) < 4.78 is 0. The molecule has 5 nitrogen and oxygen atoms in total. The molecule has 0 saturated carbocycles. The number of carbonyl (C=O) groups is 1. The minimum Gasteiger partial charge on any atom is -0.342 e. The fourth-order valence-electron chi connectivity index (χ4n) is 2.44. The molecule has 1 aromatic heterocycles. The number of nitrogens with zero attached hydrogens (tertiary/aromatic N) is 1. The van der Waals surface area contributed by atoms with Crippen LogP contribution >= 0.6 is 0 Å². The van der Waals surface area contributed by atoms with Crippen LogP contribution in [0, 0.1) is 0 Å². The van der Waals surface area contributed by atoms with E-state index < -0.39 is 0 Å². The molecule has 1 atom stereocenters. The van der Waals surface area contributed by atoms with Crippen molar-refractivity contribution in [1.29, 1.82) is 0 Å². The third-order valence-corrected chi connectivity index (χ3v) is 3.65. The van der Waals surface area contributed by atoms with Gasteiger partial charge >= 0.3 is 0 Å². The summed E-state index contributed by atoms with van der Waals surface area (Å²) in [6.07, 6.45) is 0. The topological polar surface area (TPSA) is 83.8 Å². The molecule has 2 aromatic carbocycles. The van der Waals surface area contributed by atoms with E-state index in [9.17, 15) is 4.79 Å². The van der Waals surface area contributed by atoms with Gasteiger partial charge in [0.25, 0.3) is 5.91 Å². The number of imidazole rings is 1. The van der Waals surface area contributed by atoms with E-state index >= 15 is 0 Å². The number of rotatable bonds is 4. The highest BCUT2D eigenvalue weighted by atomic mass is 16.1. The number of H-pyrrole nitrogens is 1. The van der Waals surface area contributed by atoms with Crippen LogP contribution in [0.3, 0.4) is 0 Å². The molecule has 0 fully saturated rings. The van der Waals surface area contributed by atoms with Gasteiger partial charge in [0.2, 0.25) is 0 Å². The Morgan fingerprint density at radius 2 is 1.95 bits per heavy atom. The SMILES string of the molecule is CC(NC(=O)c1ccccc1CN)c1nc2ccccc2[nH]1. The number of carbonyl (C=O) groups excluding carboxylic acids is 1. The van der Waals surface area contributed by atoms with Crippen LogP contribution in [-0.2, 0) is 6.54 Å². The molecule has 1 heterocycles. The molecule has 0 aliphatic rings. The van der Waals surface area contributed by atoms with E-state index in [1.165, 1.54) is 0 Å². The molecule has 4 N–H and O–H groups in total. The lowest BCUT2D eigenvalue weighted by Gasteiger charge is -2.13. The Bertz CT molecular complexity index is 776.